The lowest BCUT2D eigenvalue weighted by Crippen LogP contribution is -2.29. The zero-order valence-electron chi connectivity index (χ0n) is 12.7. The van der Waals surface area contributed by atoms with Crippen molar-refractivity contribution in [2.45, 2.75) is 39.7 Å². The second kappa shape index (κ2) is 10.0. The molecular formula is C16H27ClN2O. The fraction of sp³-hybridized carbons (Fsp3) is 0.625. The quantitative estimate of drug-likeness (QED) is 0.650. The summed E-state index contributed by atoms with van der Waals surface area (Å²) in [5.74, 6) is 0. The summed E-state index contributed by atoms with van der Waals surface area (Å²) in [4.78, 5) is 2.23. The second-order valence-electron chi connectivity index (χ2n) is 4.98. The molecular weight excluding hydrogens is 272 g/mol. The van der Waals surface area contributed by atoms with Crippen LogP contribution in [0.15, 0.2) is 18.2 Å². The largest absolute Gasteiger partial charge is 0.395 e. The van der Waals surface area contributed by atoms with Crippen LogP contribution in [0.3, 0.4) is 0 Å². The Morgan fingerprint density at radius 3 is 2.65 bits per heavy atom. The van der Waals surface area contributed by atoms with E-state index in [0.29, 0.717) is 6.54 Å². The lowest BCUT2D eigenvalue weighted by atomic mass is 10.1. The minimum absolute atomic E-state index is 0.165. The van der Waals surface area contributed by atoms with E-state index in [-0.39, 0.29) is 6.61 Å². The highest BCUT2D eigenvalue weighted by Crippen LogP contribution is 2.27. The monoisotopic (exact) mass is 298 g/mol. The van der Waals surface area contributed by atoms with Crippen molar-refractivity contribution < 1.29 is 5.11 Å². The number of halogens is 1. The number of hydrogen-bond acceptors (Lipinski definition) is 3. The highest BCUT2D eigenvalue weighted by atomic mass is 35.5. The predicted molar refractivity (Wildman–Crippen MR) is 87.7 cm³/mol. The first-order valence-electron chi connectivity index (χ1n) is 7.58. The molecule has 0 spiro atoms. The zero-order chi connectivity index (χ0) is 14.8. The summed E-state index contributed by atoms with van der Waals surface area (Å²) in [6.07, 6.45) is 3.37. The molecule has 0 radical (unpaired) electrons. The maximum atomic E-state index is 9.28. The number of benzene rings is 1. The molecule has 0 heterocycles. The van der Waals surface area contributed by atoms with Crippen molar-refractivity contribution in [3.8, 4) is 0 Å². The normalized spacial score (nSPS) is 10.8. The van der Waals surface area contributed by atoms with Gasteiger partial charge in [-0.05, 0) is 31.5 Å². The minimum atomic E-state index is 0.165. The van der Waals surface area contributed by atoms with Gasteiger partial charge in [-0.15, -0.1) is 0 Å². The Kier molecular flexibility index (Phi) is 8.67. The molecule has 4 heteroatoms. The second-order valence-corrected chi connectivity index (χ2v) is 5.39. The van der Waals surface area contributed by atoms with Gasteiger partial charge in [0.2, 0.25) is 0 Å². The summed E-state index contributed by atoms with van der Waals surface area (Å²) in [5.41, 5.74) is 2.27. The molecule has 0 fully saturated rings. The number of unbranched alkanes of at least 4 members (excludes halogenated alkanes) is 1. The molecule has 0 amide bonds. The van der Waals surface area contributed by atoms with Crippen LogP contribution in [0.4, 0.5) is 5.69 Å². The SMILES string of the molecule is CCCCN(CCO)c1cccc(Cl)c1CNCCC. The fourth-order valence-corrected chi connectivity index (χ4v) is 2.47. The highest BCUT2D eigenvalue weighted by Gasteiger charge is 2.13. The Bertz CT molecular complexity index is 385. The zero-order valence-corrected chi connectivity index (χ0v) is 13.4. The molecule has 0 unspecified atom stereocenters. The van der Waals surface area contributed by atoms with Crippen molar-refractivity contribution in [2.24, 2.45) is 0 Å². The molecule has 1 aromatic rings. The van der Waals surface area contributed by atoms with Crippen LogP contribution in [0.25, 0.3) is 0 Å². The number of nitrogens with one attached hydrogen (secondary N) is 1. The molecule has 3 nitrogen and oxygen atoms in total. The summed E-state index contributed by atoms with van der Waals surface area (Å²) in [5, 5.41) is 13.5. The van der Waals surface area contributed by atoms with Crippen LogP contribution in [-0.2, 0) is 6.54 Å². The molecule has 2 N–H and O–H groups in total. The average molecular weight is 299 g/mol. The molecule has 20 heavy (non-hydrogen) atoms. The molecule has 0 saturated heterocycles. The third-order valence-corrected chi connectivity index (χ3v) is 3.67. The van der Waals surface area contributed by atoms with Crippen molar-refractivity contribution in [2.75, 3.05) is 31.1 Å². The van der Waals surface area contributed by atoms with E-state index in [1.807, 2.05) is 12.1 Å². The number of anilines is 1. The molecule has 1 aromatic carbocycles. The van der Waals surface area contributed by atoms with Crippen LogP contribution in [0.1, 0.15) is 38.7 Å². The van der Waals surface area contributed by atoms with Crippen LogP contribution in [0, 0.1) is 0 Å². The number of rotatable bonds is 10. The third-order valence-electron chi connectivity index (χ3n) is 3.31. The Labute approximate surface area is 127 Å². The number of nitrogens with zero attached hydrogens (tertiary/aromatic N) is 1. The minimum Gasteiger partial charge on any atom is -0.395 e. The topological polar surface area (TPSA) is 35.5 Å². The van der Waals surface area contributed by atoms with Crippen LogP contribution < -0.4 is 10.2 Å². The van der Waals surface area contributed by atoms with E-state index < -0.39 is 0 Å². The number of aliphatic hydroxyl groups is 1. The number of hydrogen-bond donors (Lipinski definition) is 2. The van der Waals surface area contributed by atoms with Crippen molar-refractivity contribution in [3.63, 3.8) is 0 Å². The van der Waals surface area contributed by atoms with E-state index in [9.17, 15) is 5.11 Å². The first kappa shape index (κ1) is 17.3. The molecule has 0 atom stereocenters. The molecule has 114 valence electrons. The first-order valence-corrected chi connectivity index (χ1v) is 7.96. The maximum absolute atomic E-state index is 9.28. The van der Waals surface area contributed by atoms with Crippen molar-refractivity contribution in [3.05, 3.63) is 28.8 Å². The van der Waals surface area contributed by atoms with Gasteiger partial charge in [0.1, 0.15) is 0 Å². The van der Waals surface area contributed by atoms with E-state index in [0.717, 1.165) is 55.2 Å². The first-order chi connectivity index (χ1) is 9.74. The molecule has 0 bridgehead atoms. The summed E-state index contributed by atoms with van der Waals surface area (Å²) in [7, 11) is 0. The molecule has 0 aromatic heterocycles. The van der Waals surface area contributed by atoms with Crippen molar-refractivity contribution in [1.82, 2.24) is 5.32 Å². The molecule has 1 rings (SSSR count). The van der Waals surface area contributed by atoms with Crippen molar-refractivity contribution in [1.29, 1.82) is 0 Å². The van der Waals surface area contributed by atoms with Gasteiger partial charge in [0.15, 0.2) is 0 Å². The summed E-state index contributed by atoms with van der Waals surface area (Å²) in [6, 6.07) is 6.02. The van der Waals surface area contributed by atoms with Crippen LogP contribution >= 0.6 is 11.6 Å². The summed E-state index contributed by atoms with van der Waals surface area (Å²) >= 11 is 6.36. The predicted octanol–water partition coefficient (Wildman–Crippen LogP) is 3.44. The maximum Gasteiger partial charge on any atom is 0.0606 e. The van der Waals surface area contributed by atoms with Gasteiger partial charge in [-0.2, -0.15) is 0 Å². The van der Waals surface area contributed by atoms with E-state index >= 15 is 0 Å². The van der Waals surface area contributed by atoms with Crippen LogP contribution in [0.5, 0.6) is 0 Å². The van der Waals surface area contributed by atoms with E-state index in [2.05, 4.69) is 30.1 Å². The Hall–Kier alpha value is -0.770. The highest BCUT2D eigenvalue weighted by molar-refractivity contribution is 6.31. The fourth-order valence-electron chi connectivity index (χ4n) is 2.23. The summed E-state index contributed by atoms with van der Waals surface area (Å²) in [6.45, 7) is 7.87. The number of aliphatic hydroxyl groups excluding tert-OH is 1. The Morgan fingerprint density at radius 1 is 1.20 bits per heavy atom. The summed E-state index contributed by atoms with van der Waals surface area (Å²) < 4.78 is 0. The van der Waals surface area contributed by atoms with Gasteiger partial charge in [-0.3, -0.25) is 0 Å². The van der Waals surface area contributed by atoms with Crippen molar-refractivity contribution >= 4 is 17.3 Å². The van der Waals surface area contributed by atoms with Gasteiger partial charge >= 0.3 is 0 Å². The molecule has 0 aliphatic heterocycles. The van der Waals surface area contributed by atoms with Crippen LogP contribution in [0.2, 0.25) is 5.02 Å². The van der Waals surface area contributed by atoms with E-state index in [1.165, 1.54) is 0 Å². The Morgan fingerprint density at radius 2 is 2.00 bits per heavy atom. The molecule has 0 aliphatic carbocycles. The molecule has 0 saturated carbocycles. The third kappa shape index (κ3) is 5.31. The van der Waals surface area contributed by atoms with Gasteiger partial charge in [0.25, 0.3) is 0 Å². The smallest absolute Gasteiger partial charge is 0.0606 e. The Balaban J connectivity index is 2.90. The van der Waals surface area contributed by atoms with Gasteiger partial charge in [0, 0.05) is 35.9 Å². The van der Waals surface area contributed by atoms with Gasteiger partial charge in [-0.25, -0.2) is 0 Å². The lowest BCUT2D eigenvalue weighted by Gasteiger charge is -2.27. The van der Waals surface area contributed by atoms with Gasteiger partial charge in [0.05, 0.1) is 6.61 Å². The average Bonchev–Trinajstić information content (AvgIpc) is 2.45. The standard InChI is InChI=1S/C16H27ClN2O/c1-3-5-10-19(11-12-20)16-8-6-7-15(17)14(16)13-18-9-4-2/h6-8,18,20H,3-5,9-13H2,1-2H3. The molecule has 0 aliphatic rings. The van der Waals surface area contributed by atoms with Gasteiger partial charge < -0.3 is 15.3 Å². The lowest BCUT2D eigenvalue weighted by molar-refractivity contribution is 0.301. The van der Waals surface area contributed by atoms with Crippen LogP contribution in [-0.4, -0.2) is 31.3 Å². The van der Waals surface area contributed by atoms with Gasteiger partial charge in [-0.1, -0.05) is 37.9 Å². The van der Waals surface area contributed by atoms with E-state index in [1.54, 1.807) is 0 Å². The van der Waals surface area contributed by atoms with E-state index in [4.69, 9.17) is 11.6 Å².